The van der Waals surface area contributed by atoms with E-state index in [4.69, 9.17) is 23.1 Å². The Morgan fingerprint density at radius 1 is 1.36 bits per heavy atom. The molecule has 0 saturated carbocycles. The van der Waals surface area contributed by atoms with Gasteiger partial charge in [-0.3, -0.25) is 14.6 Å². The van der Waals surface area contributed by atoms with Crippen LogP contribution in [0.3, 0.4) is 0 Å². The zero-order valence-corrected chi connectivity index (χ0v) is 16.8. The fraction of sp³-hybridized carbons (Fsp3) is 0.350. The minimum Gasteiger partial charge on any atom is -0.397 e. The second kappa shape index (κ2) is 9.12. The molecule has 0 bridgehead atoms. The van der Waals surface area contributed by atoms with E-state index in [-0.39, 0.29) is 28.7 Å². The van der Waals surface area contributed by atoms with Crippen LogP contribution in [-0.2, 0) is 4.79 Å². The number of ketones is 1. The number of primary amides is 1. The lowest BCUT2D eigenvalue weighted by Gasteiger charge is -2.23. The van der Waals surface area contributed by atoms with Crippen molar-refractivity contribution in [2.75, 3.05) is 5.73 Å². The van der Waals surface area contributed by atoms with Crippen molar-refractivity contribution in [1.82, 2.24) is 10.3 Å². The van der Waals surface area contributed by atoms with Crippen molar-refractivity contribution in [3.05, 3.63) is 57.6 Å². The summed E-state index contributed by atoms with van der Waals surface area (Å²) < 4.78 is 15.3. The van der Waals surface area contributed by atoms with E-state index in [1.807, 2.05) is 6.92 Å². The number of halogens is 2. The predicted octanol–water partition coefficient (Wildman–Crippen LogP) is 3.30. The van der Waals surface area contributed by atoms with Crippen LogP contribution in [0.5, 0.6) is 0 Å². The first-order valence-electron chi connectivity index (χ1n) is 8.94. The summed E-state index contributed by atoms with van der Waals surface area (Å²) in [5, 5.41) is 3.17. The molecular formula is C20H24ClFN4O2. The molecule has 0 saturated heterocycles. The van der Waals surface area contributed by atoms with Gasteiger partial charge < -0.3 is 16.8 Å². The first-order valence-corrected chi connectivity index (χ1v) is 9.32. The Bertz CT molecular complexity index is 904. The van der Waals surface area contributed by atoms with Gasteiger partial charge in [0.2, 0.25) is 11.7 Å². The number of aryl methyl sites for hydroxylation is 1. The van der Waals surface area contributed by atoms with Gasteiger partial charge in [-0.05, 0) is 38.0 Å². The highest BCUT2D eigenvalue weighted by Gasteiger charge is 2.25. The number of amides is 1. The molecule has 6 nitrogen and oxygen atoms in total. The van der Waals surface area contributed by atoms with Gasteiger partial charge in [0.25, 0.3) is 0 Å². The van der Waals surface area contributed by atoms with Crippen molar-refractivity contribution in [2.24, 2.45) is 5.73 Å². The highest BCUT2D eigenvalue weighted by molar-refractivity contribution is 6.35. The van der Waals surface area contributed by atoms with E-state index in [2.05, 4.69) is 10.3 Å². The number of hydrogen-bond donors (Lipinski definition) is 3. The molecule has 0 unspecified atom stereocenters. The number of rotatable bonds is 8. The molecule has 0 aliphatic carbocycles. The fourth-order valence-electron chi connectivity index (χ4n) is 3.00. The van der Waals surface area contributed by atoms with Crippen LogP contribution in [-0.4, -0.2) is 22.7 Å². The van der Waals surface area contributed by atoms with E-state index in [1.54, 1.807) is 13.8 Å². The van der Waals surface area contributed by atoms with Crippen molar-refractivity contribution in [3.63, 3.8) is 0 Å². The molecule has 8 heteroatoms. The molecule has 1 amide bonds. The lowest BCUT2D eigenvalue weighted by atomic mass is 9.96. The van der Waals surface area contributed by atoms with E-state index in [0.29, 0.717) is 23.2 Å². The van der Waals surface area contributed by atoms with Crippen LogP contribution in [0.4, 0.5) is 10.1 Å². The summed E-state index contributed by atoms with van der Waals surface area (Å²) in [6, 6.07) is 3.86. The smallest absolute Gasteiger partial charge is 0.218 e. The lowest BCUT2D eigenvalue weighted by Crippen LogP contribution is -2.34. The van der Waals surface area contributed by atoms with Gasteiger partial charge in [0.1, 0.15) is 11.5 Å². The number of benzene rings is 1. The lowest BCUT2D eigenvalue weighted by molar-refractivity contribution is -0.118. The Morgan fingerprint density at radius 3 is 2.61 bits per heavy atom. The number of carbonyl (C=O) groups is 2. The fourth-order valence-corrected chi connectivity index (χ4v) is 3.23. The standard InChI is InChI=1S/C20H24ClFN4O2/c1-4-15(26-11(3)8-17(24)27)12-5-6-13(21)18(19(12)22)20(28)16-7-10(2)14(23)9-25-16/h5-7,9,11,15,26H,4,8,23H2,1-3H3,(H2,24,27)/t11-,15+/m0/s1. The summed E-state index contributed by atoms with van der Waals surface area (Å²) in [6.07, 6.45) is 2.01. The Balaban J connectivity index is 2.43. The van der Waals surface area contributed by atoms with Crippen LogP contribution in [0.1, 0.15) is 59.9 Å². The van der Waals surface area contributed by atoms with Gasteiger partial charge in [0, 0.05) is 24.1 Å². The minimum absolute atomic E-state index is 0.00238. The molecule has 2 atom stereocenters. The number of nitrogens with two attached hydrogens (primary N) is 2. The van der Waals surface area contributed by atoms with Crippen LogP contribution in [0, 0.1) is 12.7 Å². The summed E-state index contributed by atoms with van der Waals surface area (Å²) >= 11 is 6.14. The van der Waals surface area contributed by atoms with Crippen LogP contribution >= 0.6 is 11.6 Å². The largest absolute Gasteiger partial charge is 0.397 e. The molecule has 0 aliphatic rings. The number of pyridine rings is 1. The van der Waals surface area contributed by atoms with Crippen LogP contribution in [0.2, 0.25) is 5.02 Å². The third kappa shape index (κ3) is 4.85. The van der Waals surface area contributed by atoms with Crippen molar-refractivity contribution in [3.8, 4) is 0 Å². The zero-order chi connectivity index (χ0) is 21.0. The van der Waals surface area contributed by atoms with Gasteiger partial charge in [-0.25, -0.2) is 4.39 Å². The van der Waals surface area contributed by atoms with Crippen molar-refractivity contribution < 1.29 is 14.0 Å². The third-order valence-electron chi connectivity index (χ3n) is 4.51. The Morgan fingerprint density at radius 2 is 2.04 bits per heavy atom. The van der Waals surface area contributed by atoms with Crippen molar-refractivity contribution in [1.29, 1.82) is 0 Å². The van der Waals surface area contributed by atoms with E-state index < -0.39 is 23.5 Å². The summed E-state index contributed by atoms with van der Waals surface area (Å²) in [5.74, 6) is -1.78. The number of nitrogens with one attached hydrogen (secondary N) is 1. The van der Waals surface area contributed by atoms with Gasteiger partial charge in [-0.15, -0.1) is 0 Å². The maximum Gasteiger partial charge on any atom is 0.218 e. The summed E-state index contributed by atoms with van der Waals surface area (Å²) in [5.41, 5.74) is 12.2. The molecular weight excluding hydrogens is 383 g/mol. The Kier molecular flexibility index (Phi) is 7.10. The van der Waals surface area contributed by atoms with Crippen LogP contribution < -0.4 is 16.8 Å². The number of aromatic nitrogens is 1. The van der Waals surface area contributed by atoms with E-state index in [0.717, 1.165) is 0 Å². The molecule has 150 valence electrons. The van der Waals surface area contributed by atoms with Gasteiger partial charge >= 0.3 is 0 Å². The van der Waals surface area contributed by atoms with E-state index in [9.17, 15) is 9.59 Å². The molecule has 0 aliphatic heterocycles. The van der Waals surface area contributed by atoms with Gasteiger partial charge in [0.15, 0.2) is 0 Å². The number of nitrogen functional groups attached to an aromatic ring is 1. The van der Waals surface area contributed by atoms with Crippen molar-refractivity contribution in [2.45, 2.75) is 45.7 Å². The minimum atomic E-state index is -0.709. The molecule has 28 heavy (non-hydrogen) atoms. The average molecular weight is 407 g/mol. The topological polar surface area (TPSA) is 111 Å². The molecule has 2 rings (SSSR count). The summed E-state index contributed by atoms with van der Waals surface area (Å²) in [7, 11) is 0. The number of hydrogen-bond acceptors (Lipinski definition) is 5. The van der Waals surface area contributed by atoms with E-state index in [1.165, 1.54) is 24.4 Å². The molecule has 2 aromatic rings. The molecule has 1 aromatic heterocycles. The average Bonchev–Trinajstić information content (AvgIpc) is 2.61. The first kappa shape index (κ1) is 21.8. The number of nitrogens with zero attached hydrogens (tertiary/aromatic N) is 1. The zero-order valence-electron chi connectivity index (χ0n) is 16.1. The van der Waals surface area contributed by atoms with Gasteiger partial charge in [0.05, 0.1) is 22.5 Å². The number of anilines is 1. The van der Waals surface area contributed by atoms with Gasteiger partial charge in [-0.2, -0.15) is 0 Å². The summed E-state index contributed by atoms with van der Waals surface area (Å²) in [6.45, 7) is 5.39. The Hall–Kier alpha value is -2.51. The first-order chi connectivity index (χ1) is 13.1. The maximum atomic E-state index is 15.3. The molecule has 0 fully saturated rings. The van der Waals surface area contributed by atoms with Crippen LogP contribution in [0.15, 0.2) is 24.4 Å². The normalized spacial score (nSPS) is 13.2. The van der Waals surface area contributed by atoms with Gasteiger partial charge in [-0.1, -0.05) is 24.6 Å². The highest BCUT2D eigenvalue weighted by Crippen LogP contribution is 2.30. The third-order valence-corrected chi connectivity index (χ3v) is 4.82. The molecule has 0 spiro atoms. The Labute approximate surface area is 168 Å². The molecule has 0 radical (unpaired) electrons. The highest BCUT2D eigenvalue weighted by atomic mass is 35.5. The predicted molar refractivity (Wildman–Crippen MR) is 108 cm³/mol. The monoisotopic (exact) mass is 406 g/mol. The number of carbonyl (C=O) groups excluding carboxylic acids is 2. The second-order valence-electron chi connectivity index (χ2n) is 6.78. The van der Waals surface area contributed by atoms with E-state index >= 15 is 4.39 Å². The summed E-state index contributed by atoms with van der Waals surface area (Å²) in [4.78, 5) is 28.0. The van der Waals surface area contributed by atoms with Crippen molar-refractivity contribution >= 4 is 29.0 Å². The molecule has 1 aromatic carbocycles. The SMILES string of the molecule is CC[C@@H](N[C@@H](C)CC(N)=O)c1ccc(Cl)c(C(=O)c2cc(C)c(N)cn2)c1F. The van der Waals surface area contributed by atoms with Crippen LogP contribution in [0.25, 0.3) is 0 Å². The quantitative estimate of drug-likeness (QED) is 0.582. The molecule has 1 heterocycles. The second-order valence-corrected chi connectivity index (χ2v) is 7.19. The molecule has 5 N–H and O–H groups in total. The maximum absolute atomic E-state index is 15.3.